The van der Waals surface area contributed by atoms with Gasteiger partial charge in [-0.2, -0.15) is 5.26 Å². The van der Waals surface area contributed by atoms with Crippen molar-refractivity contribution in [3.8, 4) is 11.8 Å². The lowest BCUT2D eigenvalue weighted by atomic mass is 9.88. The molecular formula is C22H25ClN8O2. The van der Waals surface area contributed by atoms with Crippen molar-refractivity contribution in [1.29, 1.82) is 5.26 Å². The summed E-state index contributed by atoms with van der Waals surface area (Å²) >= 11 is 6.30. The van der Waals surface area contributed by atoms with Crippen LogP contribution in [0.15, 0.2) is 24.4 Å². The van der Waals surface area contributed by atoms with Gasteiger partial charge in [-0.05, 0) is 25.0 Å². The first kappa shape index (κ1) is 21.7. The van der Waals surface area contributed by atoms with E-state index < -0.39 is 0 Å². The van der Waals surface area contributed by atoms with Crippen molar-refractivity contribution in [3.05, 3.63) is 40.8 Å². The highest BCUT2D eigenvalue weighted by atomic mass is 35.5. The number of nitrogens with one attached hydrogen (secondary N) is 4. The van der Waals surface area contributed by atoms with Gasteiger partial charge >= 0.3 is 0 Å². The van der Waals surface area contributed by atoms with E-state index in [9.17, 15) is 10.1 Å². The summed E-state index contributed by atoms with van der Waals surface area (Å²) in [5.74, 6) is 1.05. The molecule has 33 heavy (non-hydrogen) atoms. The Kier molecular flexibility index (Phi) is 5.70. The summed E-state index contributed by atoms with van der Waals surface area (Å²) in [7, 11) is 3.28. The summed E-state index contributed by atoms with van der Waals surface area (Å²) in [5, 5.41) is 21.7. The van der Waals surface area contributed by atoms with Crippen LogP contribution in [0.2, 0.25) is 5.02 Å². The molecule has 2 saturated heterocycles. The molecule has 4 atom stereocenters. The fourth-order valence-electron chi connectivity index (χ4n) is 4.61. The number of methoxy groups -OCH3 is 1. The number of aromatic nitrogens is 2. The van der Waals surface area contributed by atoms with E-state index in [2.05, 4.69) is 37.4 Å². The maximum absolute atomic E-state index is 12.9. The molecule has 1 aromatic heterocycles. The van der Waals surface area contributed by atoms with Gasteiger partial charge in [0.25, 0.3) is 0 Å². The molecule has 4 unspecified atom stereocenters. The van der Waals surface area contributed by atoms with Gasteiger partial charge in [-0.15, -0.1) is 0 Å². The second-order valence-electron chi connectivity index (χ2n) is 8.58. The number of hydrazine groups is 1. The molecule has 3 heterocycles. The van der Waals surface area contributed by atoms with Gasteiger partial charge in [0.2, 0.25) is 5.91 Å². The van der Waals surface area contributed by atoms with E-state index in [0.717, 1.165) is 24.2 Å². The van der Waals surface area contributed by atoms with Gasteiger partial charge in [-0.1, -0.05) is 17.7 Å². The monoisotopic (exact) mass is 468 g/mol. The molecule has 4 N–H and O–H groups in total. The number of ether oxygens (including phenoxy) is 1. The topological polar surface area (TPSA) is 127 Å². The molecule has 1 saturated carbocycles. The van der Waals surface area contributed by atoms with Crippen molar-refractivity contribution < 1.29 is 9.53 Å². The lowest BCUT2D eigenvalue weighted by Gasteiger charge is -2.39. The summed E-state index contributed by atoms with van der Waals surface area (Å²) in [4.78, 5) is 21.8. The molecule has 0 radical (unpaired) electrons. The summed E-state index contributed by atoms with van der Waals surface area (Å²) in [6.45, 7) is 0. The molecule has 3 aliphatic rings. The van der Waals surface area contributed by atoms with Gasteiger partial charge in [-0.3, -0.25) is 20.1 Å². The number of hydrogen-bond donors (Lipinski definition) is 4. The number of anilines is 2. The van der Waals surface area contributed by atoms with Crippen LogP contribution < -0.4 is 26.1 Å². The predicted octanol–water partition coefficient (Wildman–Crippen LogP) is 2.02. The number of rotatable bonds is 6. The van der Waals surface area contributed by atoms with Crippen molar-refractivity contribution in [2.24, 2.45) is 5.92 Å². The van der Waals surface area contributed by atoms with Gasteiger partial charge in [0.1, 0.15) is 11.9 Å². The van der Waals surface area contributed by atoms with Crippen molar-refractivity contribution in [3.63, 3.8) is 0 Å². The maximum Gasteiger partial charge on any atom is 0.244 e. The van der Waals surface area contributed by atoms with Crippen LogP contribution in [0.25, 0.3) is 0 Å². The lowest BCUT2D eigenvalue weighted by Crippen LogP contribution is -2.60. The second-order valence-corrected chi connectivity index (χ2v) is 8.98. The highest BCUT2D eigenvalue weighted by molar-refractivity contribution is 6.32. The zero-order valence-corrected chi connectivity index (χ0v) is 19.1. The highest BCUT2D eigenvalue weighted by Gasteiger charge is 2.48. The van der Waals surface area contributed by atoms with Gasteiger partial charge in [0.15, 0.2) is 11.4 Å². The molecule has 3 fully saturated rings. The Balaban J connectivity index is 1.39. The number of carbonyl (C=O) groups excluding carboxylic acids is 1. The summed E-state index contributed by atoms with van der Waals surface area (Å²) < 4.78 is 5.47. The van der Waals surface area contributed by atoms with E-state index in [0.29, 0.717) is 34.6 Å². The molecular weight excluding hydrogens is 444 g/mol. The number of halogens is 1. The lowest BCUT2D eigenvalue weighted by molar-refractivity contribution is -0.131. The largest absolute Gasteiger partial charge is 0.493 e. The molecule has 1 aromatic carbocycles. The highest BCUT2D eigenvalue weighted by Crippen LogP contribution is 2.40. The molecule has 1 aliphatic carbocycles. The van der Waals surface area contributed by atoms with Crippen LogP contribution in [-0.2, 0) is 4.79 Å². The minimum Gasteiger partial charge on any atom is -0.493 e. The van der Waals surface area contributed by atoms with Crippen molar-refractivity contribution >= 4 is 29.0 Å². The Hall–Kier alpha value is -3.13. The van der Waals surface area contributed by atoms with Crippen LogP contribution in [-0.4, -0.2) is 53.4 Å². The summed E-state index contributed by atoms with van der Waals surface area (Å²) in [6.07, 6.45) is 3.82. The number of piperidine rings is 1. The molecule has 2 aliphatic heterocycles. The van der Waals surface area contributed by atoms with Crippen LogP contribution >= 0.6 is 11.6 Å². The van der Waals surface area contributed by atoms with E-state index in [4.69, 9.17) is 16.3 Å². The third kappa shape index (κ3) is 4.15. The first-order valence-electron chi connectivity index (χ1n) is 10.9. The normalized spacial score (nSPS) is 26.5. The number of benzene rings is 1. The molecule has 1 amide bonds. The SMILES string of the molecule is COc1c(Cl)cccc1NC1CC(Nc2cnc(C3CC3)c(C#N)n2)NC2NN(C)C(=O)C12. The van der Waals surface area contributed by atoms with Crippen LogP contribution in [0.4, 0.5) is 11.5 Å². The van der Waals surface area contributed by atoms with Crippen LogP contribution in [0.1, 0.15) is 36.6 Å². The van der Waals surface area contributed by atoms with E-state index in [1.54, 1.807) is 26.4 Å². The zero-order valence-electron chi connectivity index (χ0n) is 18.3. The molecule has 11 heteroatoms. The second kappa shape index (κ2) is 8.67. The van der Waals surface area contributed by atoms with Gasteiger partial charge in [-0.25, -0.2) is 10.4 Å². The number of amides is 1. The Bertz CT molecular complexity index is 1120. The smallest absolute Gasteiger partial charge is 0.244 e. The molecule has 0 bridgehead atoms. The number of fused-ring (bicyclic) bond motifs is 1. The minimum absolute atomic E-state index is 0.00945. The van der Waals surface area contributed by atoms with Crippen molar-refractivity contribution in [2.45, 2.75) is 43.6 Å². The average Bonchev–Trinajstić information content (AvgIpc) is 3.59. The first-order chi connectivity index (χ1) is 16.0. The van der Waals surface area contributed by atoms with Crippen molar-refractivity contribution in [1.82, 2.24) is 25.7 Å². The predicted molar refractivity (Wildman–Crippen MR) is 122 cm³/mol. The third-order valence-electron chi connectivity index (χ3n) is 6.32. The number of carbonyl (C=O) groups is 1. The Labute approximate surface area is 196 Å². The summed E-state index contributed by atoms with van der Waals surface area (Å²) in [5.41, 5.74) is 5.04. The van der Waals surface area contributed by atoms with Crippen LogP contribution in [0, 0.1) is 17.2 Å². The minimum atomic E-state index is -0.338. The number of nitrogens with zero attached hydrogens (tertiary/aromatic N) is 4. The molecule has 10 nitrogen and oxygen atoms in total. The van der Waals surface area contributed by atoms with Gasteiger partial charge < -0.3 is 15.4 Å². The quantitative estimate of drug-likeness (QED) is 0.503. The van der Waals surface area contributed by atoms with Crippen molar-refractivity contribution in [2.75, 3.05) is 24.8 Å². The average molecular weight is 469 g/mol. The fourth-order valence-corrected chi connectivity index (χ4v) is 4.86. The number of hydrogen-bond acceptors (Lipinski definition) is 9. The Morgan fingerprint density at radius 3 is 2.88 bits per heavy atom. The van der Waals surface area contributed by atoms with E-state index in [1.165, 1.54) is 5.01 Å². The molecule has 0 spiro atoms. The Morgan fingerprint density at radius 2 is 2.15 bits per heavy atom. The fraction of sp³-hybridized carbons (Fsp3) is 0.455. The van der Waals surface area contributed by atoms with Gasteiger partial charge in [0, 0.05) is 25.4 Å². The zero-order chi connectivity index (χ0) is 23.1. The molecule has 5 rings (SSSR count). The summed E-state index contributed by atoms with van der Waals surface area (Å²) in [6, 6.07) is 7.42. The maximum atomic E-state index is 12.9. The van der Waals surface area contributed by atoms with Crippen LogP contribution in [0.3, 0.4) is 0 Å². The third-order valence-corrected chi connectivity index (χ3v) is 6.61. The van der Waals surface area contributed by atoms with Gasteiger partial charge in [0.05, 0.1) is 48.0 Å². The van der Waals surface area contributed by atoms with E-state index >= 15 is 0 Å². The molecule has 172 valence electrons. The first-order valence-corrected chi connectivity index (χ1v) is 11.3. The number of para-hydroxylation sites is 1. The standard InChI is InChI=1S/C22H25ClN8O2/c1-31-22(32)18-14(26-13-5-3-4-12(23)20(13)33-2)8-16(29-21(18)30-31)28-17-10-25-19(11-6-7-11)15(9-24)27-17/h3-5,10-11,14,16,18,21,26,29-30H,6-8H2,1-2H3,(H,27,28). The van der Waals surface area contributed by atoms with E-state index in [-0.39, 0.29) is 30.2 Å². The number of nitriles is 1. The van der Waals surface area contributed by atoms with Crippen LogP contribution in [0.5, 0.6) is 5.75 Å². The molecule has 2 aromatic rings. The van der Waals surface area contributed by atoms with E-state index in [1.807, 2.05) is 12.1 Å². The Morgan fingerprint density at radius 1 is 1.33 bits per heavy atom.